The van der Waals surface area contributed by atoms with E-state index in [1.54, 1.807) is 30.3 Å². The van der Waals surface area contributed by atoms with Crippen LogP contribution in [0.3, 0.4) is 0 Å². The number of hydrazine groups is 1. The largest absolute Gasteiger partial charge is 0.484 e. The van der Waals surface area contributed by atoms with Crippen LogP contribution >= 0.6 is 34.5 Å². The molecule has 0 spiro atoms. The number of amides is 2. The van der Waals surface area contributed by atoms with E-state index in [0.717, 1.165) is 10.1 Å². The van der Waals surface area contributed by atoms with Gasteiger partial charge in [0, 0.05) is 15.1 Å². The van der Waals surface area contributed by atoms with Crippen LogP contribution in [0.2, 0.25) is 10.0 Å². The number of ether oxygens (including phenoxy) is 2. The second-order valence-corrected chi connectivity index (χ2v) is 7.52. The molecule has 0 fully saturated rings. The van der Waals surface area contributed by atoms with Gasteiger partial charge in [-0.05, 0) is 30.3 Å². The molecule has 1 aromatic heterocycles. The summed E-state index contributed by atoms with van der Waals surface area (Å²) in [6, 6.07) is 13.7. The molecule has 2 N–H and O–H groups in total. The standard InChI is InChI=1S/C19H14Cl2N2O5S/c20-11-5-7-12(8-6-11)27-9-15(24)22-23-16(25)10-28-19(26)18-17(21)13-3-1-2-4-14(13)29-18/h1-8H,9-10H2,(H,22,24)(H,23,25). The van der Waals surface area contributed by atoms with Gasteiger partial charge in [-0.3, -0.25) is 20.4 Å². The van der Waals surface area contributed by atoms with Crippen LogP contribution in [0.15, 0.2) is 48.5 Å². The van der Waals surface area contributed by atoms with E-state index in [9.17, 15) is 14.4 Å². The average molecular weight is 453 g/mol. The van der Waals surface area contributed by atoms with Gasteiger partial charge in [-0.15, -0.1) is 11.3 Å². The Morgan fingerprint density at radius 1 is 0.897 bits per heavy atom. The molecule has 3 aromatic rings. The predicted octanol–water partition coefficient (Wildman–Crippen LogP) is 3.59. The third-order valence-electron chi connectivity index (χ3n) is 3.58. The number of esters is 1. The quantitative estimate of drug-likeness (QED) is 0.440. The van der Waals surface area contributed by atoms with Gasteiger partial charge in [0.05, 0.1) is 5.02 Å². The minimum absolute atomic E-state index is 0.209. The average Bonchev–Trinajstić information content (AvgIpc) is 3.07. The molecule has 0 bridgehead atoms. The van der Waals surface area contributed by atoms with E-state index < -0.39 is 24.4 Å². The molecule has 150 valence electrons. The van der Waals surface area contributed by atoms with Crippen LogP contribution in [0.1, 0.15) is 9.67 Å². The van der Waals surface area contributed by atoms with Crippen LogP contribution in [0.5, 0.6) is 5.75 Å². The van der Waals surface area contributed by atoms with Crippen LogP contribution < -0.4 is 15.6 Å². The van der Waals surface area contributed by atoms with E-state index in [1.807, 2.05) is 18.2 Å². The molecule has 0 aliphatic carbocycles. The number of hydrogen-bond acceptors (Lipinski definition) is 6. The molecule has 10 heteroatoms. The summed E-state index contributed by atoms with van der Waals surface area (Å²) >= 11 is 13.1. The molecule has 0 atom stereocenters. The zero-order chi connectivity index (χ0) is 20.8. The monoisotopic (exact) mass is 452 g/mol. The summed E-state index contributed by atoms with van der Waals surface area (Å²) in [6.45, 7) is -0.902. The number of thiophene rings is 1. The van der Waals surface area contributed by atoms with Crippen molar-refractivity contribution in [2.75, 3.05) is 13.2 Å². The molecule has 3 rings (SSSR count). The molecular formula is C19H14Cl2N2O5S. The van der Waals surface area contributed by atoms with Crippen molar-refractivity contribution in [3.63, 3.8) is 0 Å². The number of nitrogens with one attached hydrogen (secondary N) is 2. The first kappa shape index (κ1) is 20.9. The van der Waals surface area contributed by atoms with Gasteiger partial charge in [0.25, 0.3) is 11.8 Å². The van der Waals surface area contributed by atoms with E-state index in [2.05, 4.69) is 10.9 Å². The summed E-state index contributed by atoms with van der Waals surface area (Å²) in [5, 5.41) is 1.56. The Morgan fingerprint density at radius 3 is 2.24 bits per heavy atom. The van der Waals surface area contributed by atoms with E-state index in [-0.39, 0.29) is 16.5 Å². The fourth-order valence-corrected chi connectivity index (χ4v) is 3.76. The van der Waals surface area contributed by atoms with Gasteiger partial charge >= 0.3 is 5.97 Å². The molecule has 0 radical (unpaired) electrons. The van der Waals surface area contributed by atoms with Gasteiger partial charge in [0.1, 0.15) is 10.6 Å². The van der Waals surface area contributed by atoms with Gasteiger partial charge < -0.3 is 9.47 Å². The van der Waals surface area contributed by atoms with Gasteiger partial charge in [0.15, 0.2) is 13.2 Å². The second-order valence-electron chi connectivity index (χ2n) is 5.66. The number of carbonyl (C=O) groups is 3. The van der Waals surface area contributed by atoms with Crippen molar-refractivity contribution in [1.29, 1.82) is 0 Å². The highest BCUT2D eigenvalue weighted by Gasteiger charge is 2.19. The molecular weight excluding hydrogens is 439 g/mol. The van der Waals surface area contributed by atoms with Crippen LogP contribution in [-0.4, -0.2) is 31.0 Å². The Bertz CT molecular complexity index is 1050. The van der Waals surface area contributed by atoms with Crippen molar-refractivity contribution in [2.45, 2.75) is 0 Å². The molecule has 1 heterocycles. The van der Waals surface area contributed by atoms with Crippen molar-refractivity contribution in [2.24, 2.45) is 0 Å². The number of halogens is 2. The van der Waals surface area contributed by atoms with Crippen LogP contribution in [0.25, 0.3) is 10.1 Å². The van der Waals surface area contributed by atoms with Crippen LogP contribution in [0, 0.1) is 0 Å². The maximum Gasteiger partial charge on any atom is 0.350 e. The van der Waals surface area contributed by atoms with E-state index in [1.165, 1.54) is 11.3 Å². The summed E-state index contributed by atoms with van der Waals surface area (Å²) in [7, 11) is 0. The molecule has 0 unspecified atom stereocenters. The summed E-state index contributed by atoms with van der Waals surface area (Å²) < 4.78 is 11.0. The first-order valence-corrected chi connectivity index (χ1v) is 9.81. The van der Waals surface area contributed by atoms with Crippen molar-refractivity contribution in [3.05, 3.63) is 63.5 Å². The second kappa shape index (κ2) is 9.60. The van der Waals surface area contributed by atoms with Crippen molar-refractivity contribution in [3.8, 4) is 5.75 Å². The van der Waals surface area contributed by atoms with E-state index >= 15 is 0 Å². The third-order valence-corrected chi connectivity index (χ3v) is 5.49. The molecule has 0 aliphatic rings. The normalized spacial score (nSPS) is 10.4. The van der Waals surface area contributed by atoms with Crippen molar-refractivity contribution < 1.29 is 23.9 Å². The molecule has 2 aromatic carbocycles. The maximum absolute atomic E-state index is 12.2. The lowest BCUT2D eigenvalue weighted by Crippen LogP contribution is -2.45. The molecule has 0 saturated heterocycles. The summed E-state index contributed by atoms with van der Waals surface area (Å²) in [4.78, 5) is 35.8. The van der Waals surface area contributed by atoms with Gasteiger partial charge in [0.2, 0.25) is 0 Å². The lowest BCUT2D eigenvalue weighted by molar-refractivity contribution is -0.131. The maximum atomic E-state index is 12.2. The smallest absolute Gasteiger partial charge is 0.350 e. The Morgan fingerprint density at radius 2 is 1.55 bits per heavy atom. The van der Waals surface area contributed by atoms with E-state index in [4.69, 9.17) is 32.7 Å². The highest BCUT2D eigenvalue weighted by Crippen LogP contribution is 2.35. The predicted molar refractivity (Wildman–Crippen MR) is 110 cm³/mol. The number of fused-ring (bicyclic) bond motifs is 1. The Labute approximate surface area is 179 Å². The molecule has 0 aliphatic heterocycles. The lowest BCUT2D eigenvalue weighted by atomic mass is 10.2. The minimum Gasteiger partial charge on any atom is -0.484 e. The van der Waals surface area contributed by atoms with Crippen LogP contribution in [-0.2, 0) is 14.3 Å². The number of rotatable bonds is 6. The first-order valence-electron chi connectivity index (χ1n) is 8.24. The SMILES string of the molecule is O=C(COC(=O)c1sc2ccccc2c1Cl)NNC(=O)COc1ccc(Cl)cc1. The Balaban J connectivity index is 1.42. The Kier molecular flexibility index (Phi) is 6.92. The van der Waals surface area contributed by atoms with Gasteiger partial charge in [-0.2, -0.15) is 0 Å². The number of hydrogen-bond donors (Lipinski definition) is 2. The Hall–Kier alpha value is -2.81. The summed E-state index contributed by atoms with van der Waals surface area (Å²) in [6.07, 6.45) is 0. The number of benzene rings is 2. The van der Waals surface area contributed by atoms with Gasteiger partial charge in [-0.25, -0.2) is 4.79 Å². The third kappa shape index (κ3) is 5.60. The highest BCUT2D eigenvalue weighted by atomic mass is 35.5. The van der Waals surface area contributed by atoms with Crippen molar-refractivity contribution in [1.82, 2.24) is 10.9 Å². The van der Waals surface area contributed by atoms with Crippen molar-refractivity contribution >= 4 is 62.4 Å². The lowest BCUT2D eigenvalue weighted by Gasteiger charge is -2.09. The molecule has 0 saturated carbocycles. The molecule has 2 amide bonds. The minimum atomic E-state index is -0.719. The van der Waals surface area contributed by atoms with Crippen LogP contribution in [0.4, 0.5) is 0 Å². The topological polar surface area (TPSA) is 93.7 Å². The molecule has 7 nitrogen and oxygen atoms in total. The zero-order valence-corrected chi connectivity index (χ0v) is 17.1. The fourth-order valence-electron chi connectivity index (χ4n) is 2.23. The summed E-state index contributed by atoms with van der Waals surface area (Å²) in [5.74, 6) is -1.57. The van der Waals surface area contributed by atoms with E-state index in [0.29, 0.717) is 10.8 Å². The summed E-state index contributed by atoms with van der Waals surface area (Å²) in [5.41, 5.74) is 4.29. The van der Waals surface area contributed by atoms with Gasteiger partial charge in [-0.1, -0.05) is 41.4 Å². The highest BCUT2D eigenvalue weighted by molar-refractivity contribution is 7.21. The first-order chi connectivity index (χ1) is 13.9. The number of carbonyl (C=O) groups excluding carboxylic acids is 3. The molecule has 29 heavy (non-hydrogen) atoms. The zero-order valence-electron chi connectivity index (χ0n) is 14.7. The fraction of sp³-hybridized carbons (Fsp3) is 0.105.